The monoisotopic (exact) mass is 282 g/mol. The number of likely N-dealkylation sites (N-methyl/N-ethyl adjacent to an activating group) is 2. The lowest BCUT2D eigenvalue weighted by Gasteiger charge is -2.19. The lowest BCUT2D eigenvalue weighted by molar-refractivity contribution is 0.197. The number of rotatable bonds is 2. The van der Waals surface area contributed by atoms with Crippen LogP contribution in [0.3, 0.4) is 0 Å². The normalized spacial score (nSPS) is 20.7. The molecule has 0 N–H and O–H groups in total. The van der Waals surface area contributed by atoms with Gasteiger partial charge in [0, 0.05) is 24.6 Å². The van der Waals surface area contributed by atoms with Crippen LogP contribution in [0.2, 0.25) is 0 Å². The van der Waals surface area contributed by atoms with Crippen molar-refractivity contribution in [2.75, 3.05) is 20.1 Å². The van der Waals surface area contributed by atoms with Crippen molar-refractivity contribution in [1.82, 2.24) is 9.80 Å². The van der Waals surface area contributed by atoms with Gasteiger partial charge in [-0.3, -0.25) is 0 Å². The zero-order valence-electron chi connectivity index (χ0n) is 9.48. The molecule has 16 heavy (non-hydrogen) atoms. The number of hydrogen-bond acceptors (Lipinski definition) is 1. The van der Waals surface area contributed by atoms with Crippen molar-refractivity contribution in [3.63, 3.8) is 0 Å². The Hall–Kier alpha value is -1.03. The summed E-state index contributed by atoms with van der Waals surface area (Å²) in [5.41, 5.74) is 1.18. The minimum Gasteiger partial charge on any atom is -0.323 e. The van der Waals surface area contributed by atoms with Crippen molar-refractivity contribution >= 4 is 22.0 Å². The van der Waals surface area contributed by atoms with Gasteiger partial charge in [-0.1, -0.05) is 34.1 Å². The molecule has 0 radical (unpaired) electrons. The smallest absolute Gasteiger partial charge is 0.320 e. The second-order valence-electron chi connectivity index (χ2n) is 3.97. The molecule has 0 spiro atoms. The van der Waals surface area contributed by atoms with Crippen molar-refractivity contribution in [1.29, 1.82) is 0 Å². The fourth-order valence-electron chi connectivity index (χ4n) is 2.08. The molecule has 86 valence electrons. The van der Waals surface area contributed by atoms with Gasteiger partial charge in [0.05, 0.1) is 6.04 Å². The maximum atomic E-state index is 11.9. The highest BCUT2D eigenvalue weighted by molar-refractivity contribution is 9.10. The Kier molecular flexibility index (Phi) is 3.19. The molecule has 1 saturated heterocycles. The molecule has 2 amide bonds. The van der Waals surface area contributed by atoms with Crippen LogP contribution in [0, 0.1) is 0 Å². The molecule has 0 bridgehead atoms. The van der Waals surface area contributed by atoms with E-state index in [-0.39, 0.29) is 12.1 Å². The minimum atomic E-state index is 0.114. The third-order valence-corrected chi connectivity index (χ3v) is 3.80. The molecule has 1 atom stereocenters. The second kappa shape index (κ2) is 4.45. The van der Waals surface area contributed by atoms with Crippen molar-refractivity contribution in [2.45, 2.75) is 13.0 Å². The Balaban J connectivity index is 2.30. The molecule has 4 heteroatoms. The van der Waals surface area contributed by atoms with E-state index in [9.17, 15) is 4.79 Å². The van der Waals surface area contributed by atoms with E-state index in [1.54, 1.807) is 0 Å². The summed E-state index contributed by atoms with van der Waals surface area (Å²) in [5, 5.41) is 0. The number of benzene rings is 1. The predicted octanol–water partition coefficient (Wildman–Crippen LogP) is 2.88. The van der Waals surface area contributed by atoms with Crippen molar-refractivity contribution in [3.8, 4) is 0 Å². The van der Waals surface area contributed by atoms with E-state index in [1.165, 1.54) is 5.56 Å². The summed E-state index contributed by atoms with van der Waals surface area (Å²) >= 11 is 3.54. The molecule has 1 aromatic rings. The fourth-order valence-corrected chi connectivity index (χ4v) is 2.63. The van der Waals surface area contributed by atoms with Crippen LogP contribution in [-0.4, -0.2) is 36.0 Å². The van der Waals surface area contributed by atoms with Gasteiger partial charge in [0.15, 0.2) is 0 Å². The van der Waals surface area contributed by atoms with Crippen LogP contribution in [0.15, 0.2) is 28.7 Å². The molecular formula is C12H15BrN2O. The van der Waals surface area contributed by atoms with E-state index in [1.807, 2.05) is 42.0 Å². The Bertz CT molecular complexity index is 408. The first-order valence-corrected chi connectivity index (χ1v) is 6.20. The maximum absolute atomic E-state index is 11.9. The lowest BCUT2D eigenvalue weighted by atomic mass is 10.1. The number of hydrogen-bond donors (Lipinski definition) is 0. The summed E-state index contributed by atoms with van der Waals surface area (Å²) in [6.45, 7) is 3.55. The number of nitrogens with zero attached hydrogens (tertiary/aromatic N) is 2. The molecule has 1 unspecified atom stereocenters. The van der Waals surface area contributed by atoms with Crippen LogP contribution in [0.5, 0.6) is 0 Å². The Morgan fingerprint density at radius 2 is 2.12 bits per heavy atom. The molecular weight excluding hydrogens is 268 g/mol. The highest BCUT2D eigenvalue weighted by Gasteiger charge is 2.35. The summed E-state index contributed by atoms with van der Waals surface area (Å²) in [6, 6.07) is 8.35. The molecule has 2 rings (SSSR count). The summed E-state index contributed by atoms with van der Waals surface area (Å²) in [7, 11) is 1.86. The molecule has 3 nitrogen and oxygen atoms in total. The van der Waals surface area contributed by atoms with Gasteiger partial charge >= 0.3 is 6.03 Å². The Morgan fingerprint density at radius 3 is 2.69 bits per heavy atom. The van der Waals surface area contributed by atoms with E-state index in [2.05, 4.69) is 22.0 Å². The van der Waals surface area contributed by atoms with Gasteiger partial charge in [-0.25, -0.2) is 4.79 Å². The van der Waals surface area contributed by atoms with E-state index in [0.717, 1.165) is 17.6 Å². The molecule has 0 aromatic heterocycles. The van der Waals surface area contributed by atoms with E-state index in [4.69, 9.17) is 0 Å². The van der Waals surface area contributed by atoms with Crippen molar-refractivity contribution in [3.05, 3.63) is 34.3 Å². The van der Waals surface area contributed by atoms with E-state index >= 15 is 0 Å². The zero-order chi connectivity index (χ0) is 11.7. The van der Waals surface area contributed by atoms with Crippen LogP contribution < -0.4 is 0 Å². The largest absolute Gasteiger partial charge is 0.323 e. The standard InChI is InChI=1S/C12H15BrN2O/c1-3-15-8-11(14(2)12(15)16)9-6-4-5-7-10(9)13/h4-7,11H,3,8H2,1-2H3. The maximum Gasteiger partial charge on any atom is 0.320 e. The van der Waals surface area contributed by atoms with Crippen LogP contribution in [0.4, 0.5) is 4.79 Å². The van der Waals surface area contributed by atoms with Crippen LogP contribution in [0.1, 0.15) is 18.5 Å². The minimum absolute atomic E-state index is 0.114. The number of carbonyl (C=O) groups is 1. The molecule has 1 aliphatic heterocycles. The molecule has 1 heterocycles. The summed E-state index contributed by atoms with van der Waals surface area (Å²) in [4.78, 5) is 15.5. The van der Waals surface area contributed by atoms with Gasteiger partial charge in [0.1, 0.15) is 0 Å². The van der Waals surface area contributed by atoms with Crippen molar-refractivity contribution in [2.24, 2.45) is 0 Å². The van der Waals surface area contributed by atoms with Crippen LogP contribution in [-0.2, 0) is 0 Å². The quantitative estimate of drug-likeness (QED) is 0.818. The Labute approximate surface area is 104 Å². The SMILES string of the molecule is CCN1CC(c2ccccc2Br)N(C)C1=O. The molecule has 1 aliphatic rings. The van der Waals surface area contributed by atoms with Gasteiger partial charge < -0.3 is 9.80 Å². The molecule has 1 aromatic carbocycles. The first-order valence-electron chi connectivity index (χ1n) is 5.41. The number of amides is 2. The number of carbonyl (C=O) groups excluding carboxylic acids is 1. The lowest BCUT2D eigenvalue weighted by Crippen LogP contribution is -2.29. The summed E-state index contributed by atoms with van der Waals surface area (Å²) in [6.07, 6.45) is 0. The average molecular weight is 283 g/mol. The second-order valence-corrected chi connectivity index (χ2v) is 4.82. The summed E-state index contributed by atoms with van der Waals surface area (Å²) < 4.78 is 1.07. The molecule has 0 aliphatic carbocycles. The van der Waals surface area contributed by atoms with E-state index in [0.29, 0.717) is 0 Å². The third kappa shape index (κ3) is 1.82. The predicted molar refractivity (Wildman–Crippen MR) is 67.3 cm³/mol. The molecule has 1 fully saturated rings. The highest BCUT2D eigenvalue weighted by atomic mass is 79.9. The van der Waals surface area contributed by atoms with Gasteiger partial charge in [-0.15, -0.1) is 0 Å². The van der Waals surface area contributed by atoms with Gasteiger partial charge in [0.25, 0.3) is 0 Å². The first kappa shape index (κ1) is 11.5. The number of halogens is 1. The molecule has 0 saturated carbocycles. The van der Waals surface area contributed by atoms with Gasteiger partial charge in [0.2, 0.25) is 0 Å². The van der Waals surface area contributed by atoms with Gasteiger partial charge in [-0.2, -0.15) is 0 Å². The Morgan fingerprint density at radius 1 is 1.44 bits per heavy atom. The third-order valence-electron chi connectivity index (χ3n) is 3.08. The fraction of sp³-hybridized carbons (Fsp3) is 0.417. The highest BCUT2D eigenvalue weighted by Crippen LogP contribution is 2.32. The van der Waals surface area contributed by atoms with Gasteiger partial charge in [-0.05, 0) is 18.6 Å². The topological polar surface area (TPSA) is 23.6 Å². The number of urea groups is 1. The van der Waals surface area contributed by atoms with Crippen LogP contribution >= 0.6 is 15.9 Å². The van der Waals surface area contributed by atoms with Crippen molar-refractivity contribution < 1.29 is 4.79 Å². The zero-order valence-corrected chi connectivity index (χ0v) is 11.1. The first-order chi connectivity index (χ1) is 7.65. The summed E-state index contributed by atoms with van der Waals surface area (Å²) in [5.74, 6) is 0. The van der Waals surface area contributed by atoms with Crippen LogP contribution in [0.25, 0.3) is 0 Å². The average Bonchev–Trinajstić information content (AvgIpc) is 2.57. The van der Waals surface area contributed by atoms with E-state index < -0.39 is 0 Å².